The van der Waals surface area contributed by atoms with Gasteiger partial charge in [-0.3, -0.25) is 9.69 Å². The predicted molar refractivity (Wildman–Crippen MR) is 84.2 cm³/mol. The Balaban J connectivity index is 1.66. The van der Waals surface area contributed by atoms with Crippen molar-refractivity contribution in [3.63, 3.8) is 0 Å². The lowest BCUT2D eigenvalue weighted by Crippen LogP contribution is -2.34. The first-order valence-electron chi connectivity index (χ1n) is 7.89. The molecule has 3 rings (SSSR count). The van der Waals surface area contributed by atoms with Gasteiger partial charge in [0.05, 0.1) is 5.69 Å². The molecule has 0 radical (unpaired) electrons. The maximum atomic E-state index is 11.3. The lowest BCUT2D eigenvalue weighted by atomic mass is 9.91. The second kappa shape index (κ2) is 6.32. The van der Waals surface area contributed by atoms with Gasteiger partial charge in [0.1, 0.15) is 5.92 Å². The summed E-state index contributed by atoms with van der Waals surface area (Å²) < 4.78 is 0. The molecule has 2 aliphatic rings. The van der Waals surface area contributed by atoms with Gasteiger partial charge in [0.15, 0.2) is 5.13 Å². The van der Waals surface area contributed by atoms with Crippen LogP contribution in [0.4, 0.5) is 5.13 Å². The summed E-state index contributed by atoms with van der Waals surface area (Å²) in [4.78, 5) is 19.5. The van der Waals surface area contributed by atoms with E-state index in [2.05, 4.69) is 22.1 Å². The number of aryl methyl sites for hydroxylation is 1. The zero-order valence-corrected chi connectivity index (χ0v) is 13.3. The molecule has 1 aromatic rings. The molecule has 21 heavy (non-hydrogen) atoms. The molecule has 1 aromatic heterocycles. The van der Waals surface area contributed by atoms with Crippen molar-refractivity contribution in [2.45, 2.75) is 51.0 Å². The number of likely N-dealkylation sites (tertiary alicyclic amines) is 1. The van der Waals surface area contributed by atoms with Gasteiger partial charge in [0.25, 0.3) is 0 Å². The lowest BCUT2D eigenvalue weighted by molar-refractivity contribution is -0.139. The van der Waals surface area contributed by atoms with Crippen molar-refractivity contribution in [2.75, 3.05) is 25.0 Å². The highest BCUT2D eigenvalue weighted by Gasteiger charge is 2.30. The first kappa shape index (κ1) is 14.8. The summed E-state index contributed by atoms with van der Waals surface area (Å²) in [5.41, 5.74) is 0.806. The van der Waals surface area contributed by atoms with Crippen LogP contribution in [0.1, 0.15) is 49.1 Å². The van der Waals surface area contributed by atoms with Crippen LogP contribution in [-0.2, 0) is 11.2 Å². The molecule has 1 aliphatic carbocycles. The Kier molecular flexibility index (Phi) is 4.45. The molecule has 0 bridgehead atoms. The number of hydrogen-bond acceptors (Lipinski definition) is 5. The standard InChI is InChI=1S/C15H23N3O2S/c1-2-18-8-4-5-10(18)9-16-15-17-13-11(14(19)20)6-3-7-12(13)21-15/h10-11H,2-9H2,1H3,(H,16,17)(H,19,20). The van der Waals surface area contributed by atoms with E-state index < -0.39 is 11.9 Å². The van der Waals surface area contributed by atoms with Crippen LogP contribution in [0.3, 0.4) is 0 Å². The van der Waals surface area contributed by atoms with Gasteiger partial charge in [-0.05, 0) is 45.2 Å². The molecule has 1 saturated heterocycles. The van der Waals surface area contributed by atoms with E-state index in [-0.39, 0.29) is 0 Å². The number of rotatable bonds is 5. The summed E-state index contributed by atoms with van der Waals surface area (Å²) in [6, 6.07) is 0.589. The second-order valence-electron chi connectivity index (χ2n) is 5.92. The van der Waals surface area contributed by atoms with Crippen LogP contribution >= 0.6 is 11.3 Å². The molecule has 116 valence electrons. The number of carbonyl (C=O) groups is 1. The van der Waals surface area contributed by atoms with E-state index in [1.807, 2.05) is 0 Å². The Morgan fingerprint density at radius 1 is 1.48 bits per heavy atom. The SMILES string of the molecule is CCN1CCCC1CNc1nc2c(s1)CCCC2C(=O)O. The van der Waals surface area contributed by atoms with Crippen LogP contribution in [0.5, 0.6) is 0 Å². The lowest BCUT2D eigenvalue weighted by Gasteiger charge is -2.22. The Morgan fingerprint density at radius 3 is 3.10 bits per heavy atom. The van der Waals surface area contributed by atoms with E-state index in [9.17, 15) is 9.90 Å². The normalized spacial score (nSPS) is 25.8. The third kappa shape index (κ3) is 3.06. The highest BCUT2D eigenvalue weighted by atomic mass is 32.1. The minimum atomic E-state index is -0.735. The van der Waals surface area contributed by atoms with Gasteiger partial charge < -0.3 is 10.4 Å². The maximum absolute atomic E-state index is 11.3. The first-order valence-corrected chi connectivity index (χ1v) is 8.71. The van der Waals surface area contributed by atoms with Crippen molar-refractivity contribution in [1.29, 1.82) is 0 Å². The third-order valence-corrected chi connectivity index (χ3v) is 5.74. The van der Waals surface area contributed by atoms with Gasteiger partial charge >= 0.3 is 5.97 Å². The van der Waals surface area contributed by atoms with Gasteiger partial charge in [-0.2, -0.15) is 0 Å². The van der Waals surface area contributed by atoms with Crippen LogP contribution in [0.15, 0.2) is 0 Å². The minimum absolute atomic E-state index is 0.404. The molecule has 1 fully saturated rings. The Hall–Kier alpha value is -1.14. The van der Waals surface area contributed by atoms with Gasteiger partial charge in [-0.15, -0.1) is 11.3 Å². The van der Waals surface area contributed by atoms with Crippen molar-refractivity contribution in [3.8, 4) is 0 Å². The molecule has 2 heterocycles. The number of aromatic nitrogens is 1. The zero-order valence-electron chi connectivity index (χ0n) is 12.5. The maximum Gasteiger partial charge on any atom is 0.312 e. The van der Waals surface area contributed by atoms with E-state index in [4.69, 9.17) is 0 Å². The smallest absolute Gasteiger partial charge is 0.312 e. The fourth-order valence-corrected chi connectivity index (χ4v) is 4.55. The number of anilines is 1. The number of fused-ring (bicyclic) bond motifs is 1. The Morgan fingerprint density at radius 2 is 2.33 bits per heavy atom. The summed E-state index contributed by atoms with van der Waals surface area (Å²) in [6.45, 7) is 5.41. The molecule has 5 nitrogen and oxygen atoms in total. The van der Waals surface area contributed by atoms with Crippen LogP contribution in [0.2, 0.25) is 0 Å². The molecular weight excluding hydrogens is 286 g/mol. The number of carboxylic acids is 1. The number of aliphatic carboxylic acids is 1. The highest BCUT2D eigenvalue weighted by Crippen LogP contribution is 2.36. The summed E-state index contributed by atoms with van der Waals surface area (Å²) in [7, 11) is 0. The van der Waals surface area contributed by atoms with Crippen molar-refractivity contribution in [1.82, 2.24) is 9.88 Å². The highest BCUT2D eigenvalue weighted by molar-refractivity contribution is 7.15. The van der Waals surface area contributed by atoms with E-state index >= 15 is 0 Å². The third-order valence-electron chi connectivity index (χ3n) is 4.65. The van der Waals surface area contributed by atoms with Crippen LogP contribution in [-0.4, -0.2) is 46.6 Å². The molecule has 2 N–H and O–H groups in total. The number of likely N-dealkylation sites (N-methyl/N-ethyl adjacent to an activating group) is 1. The predicted octanol–water partition coefficient (Wildman–Crippen LogP) is 2.54. The van der Waals surface area contributed by atoms with Crippen molar-refractivity contribution in [3.05, 3.63) is 10.6 Å². The second-order valence-corrected chi connectivity index (χ2v) is 7.00. The molecule has 6 heteroatoms. The number of nitrogens with zero attached hydrogens (tertiary/aromatic N) is 2. The van der Waals surface area contributed by atoms with Crippen molar-refractivity contribution in [2.24, 2.45) is 0 Å². The first-order chi connectivity index (χ1) is 10.2. The molecule has 0 saturated carbocycles. The number of hydrogen-bond donors (Lipinski definition) is 2. The molecule has 0 spiro atoms. The van der Waals surface area contributed by atoms with Gasteiger partial charge in [0, 0.05) is 17.5 Å². The molecule has 2 unspecified atom stereocenters. The number of thiazole rings is 1. The van der Waals surface area contributed by atoms with Crippen LogP contribution < -0.4 is 5.32 Å². The summed E-state index contributed by atoms with van der Waals surface area (Å²) in [5.74, 6) is -1.14. The average molecular weight is 309 g/mol. The van der Waals surface area contributed by atoms with Gasteiger partial charge in [0.2, 0.25) is 0 Å². The summed E-state index contributed by atoms with van der Waals surface area (Å²) in [5, 5.41) is 13.6. The van der Waals surface area contributed by atoms with E-state index in [1.54, 1.807) is 11.3 Å². The van der Waals surface area contributed by atoms with Crippen molar-refractivity contribution < 1.29 is 9.90 Å². The van der Waals surface area contributed by atoms with Crippen LogP contribution in [0, 0.1) is 0 Å². The Labute approximate surface area is 129 Å². The number of nitrogens with one attached hydrogen (secondary N) is 1. The molecular formula is C15H23N3O2S. The van der Waals surface area contributed by atoms with Gasteiger partial charge in [-0.25, -0.2) is 4.98 Å². The van der Waals surface area contributed by atoms with Crippen molar-refractivity contribution >= 4 is 22.4 Å². The number of carboxylic acid groups (broad SMARTS) is 1. The summed E-state index contributed by atoms with van der Waals surface area (Å²) >= 11 is 1.64. The molecule has 0 aromatic carbocycles. The summed E-state index contributed by atoms with van der Waals surface area (Å²) in [6.07, 6.45) is 5.16. The van der Waals surface area contributed by atoms with E-state index in [1.165, 1.54) is 19.4 Å². The Bertz CT molecular complexity index is 517. The largest absolute Gasteiger partial charge is 0.481 e. The molecule has 2 atom stereocenters. The molecule has 0 amide bonds. The fraction of sp³-hybridized carbons (Fsp3) is 0.733. The molecule has 1 aliphatic heterocycles. The van der Waals surface area contributed by atoms with E-state index in [0.29, 0.717) is 6.04 Å². The van der Waals surface area contributed by atoms with Crippen LogP contribution in [0.25, 0.3) is 0 Å². The van der Waals surface area contributed by atoms with Gasteiger partial charge in [-0.1, -0.05) is 6.92 Å². The zero-order chi connectivity index (χ0) is 14.8. The fourth-order valence-electron chi connectivity index (χ4n) is 3.48. The monoisotopic (exact) mass is 309 g/mol. The average Bonchev–Trinajstić information content (AvgIpc) is 3.09. The quantitative estimate of drug-likeness (QED) is 0.875. The van der Waals surface area contributed by atoms with E-state index in [0.717, 1.165) is 48.1 Å². The topological polar surface area (TPSA) is 65.5 Å². The minimum Gasteiger partial charge on any atom is -0.481 e.